The fraction of sp³-hybridized carbons (Fsp3) is 0.382. The number of rotatable bonds is 15. The average molecular weight is 890 g/mol. The van der Waals surface area contributed by atoms with Gasteiger partial charge in [0, 0.05) is 32.1 Å². The van der Waals surface area contributed by atoms with Crippen molar-refractivity contribution in [3.05, 3.63) is 92.0 Å². The van der Waals surface area contributed by atoms with Gasteiger partial charge in [-0.15, -0.1) is 11.6 Å². The molecule has 3 aromatic rings. The predicted molar refractivity (Wildman–Crippen MR) is 208 cm³/mol. The van der Waals surface area contributed by atoms with E-state index in [9.17, 15) is 50.7 Å². The highest BCUT2D eigenvalue weighted by molar-refractivity contribution is 7.89. The van der Waals surface area contributed by atoms with Crippen LogP contribution in [0.1, 0.15) is 47.3 Å². The first-order chi connectivity index (χ1) is 26.3. The Labute approximate surface area is 336 Å². The first kappa shape index (κ1) is 50.7. The number of nitrogens with zero attached hydrogens (tertiary/aromatic N) is 2. The second-order valence-corrected chi connectivity index (χ2v) is 16.9. The Morgan fingerprint density at radius 2 is 1.67 bits per heavy atom. The second kappa shape index (κ2) is 22.6. The van der Waals surface area contributed by atoms with E-state index in [1.807, 2.05) is 18.2 Å². The number of hydrogen-bond acceptors (Lipinski definition) is 11. The van der Waals surface area contributed by atoms with E-state index in [4.69, 9.17) is 48.4 Å². The Kier molecular flexibility index (Phi) is 20.1. The number of nitrogens with one attached hydrogen (secondary N) is 1. The second-order valence-electron chi connectivity index (χ2n) is 11.9. The van der Waals surface area contributed by atoms with Crippen molar-refractivity contribution in [1.29, 1.82) is 0 Å². The topological polar surface area (TPSA) is 246 Å². The van der Waals surface area contributed by atoms with Crippen LogP contribution >= 0.6 is 30.6 Å². The molecular weight excluding hydrogens is 847 g/mol. The third-order valence-corrected chi connectivity index (χ3v) is 9.42. The number of alkyl halides is 4. The van der Waals surface area contributed by atoms with E-state index in [2.05, 4.69) is 13.8 Å². The van der Waals surface area contributed by atoms with Crippen molar-refractivity contribution in [2.75, 3.05) is 43.7 Å². The lowest BCUT2D eigenvalue weighted by Gasteiger charge is -2.26. The van der Waals surface area contributed by atoms with Gasteiger partial charge in [0.25, 0.3) is 11.6 Å². The molecule has 0 spiro atoms. The fourth-order valence-corrected chi connectivity index (χ4v) is 6.12. The Morgan fingerprint density at radius 3 is 2.09 bits per heavy atom. The SMILES string of the molecule is CCc1cccc(CC)c1N(COC)C(=O)CCl.CP(=O)(O)CCC(N)C(=O)O.CS(=O)(=O)NC(=O)c1cc(Oc2ccc(C(F)(F)F)cc2Cl)ccc1[N+](=O)[O-]. The maximum atomic E-state index is 12.7. The molecule has 0 aromatic heterocycles. The molecule has 0 saturated carbocycles. The number of carboxylic acid groups (broad SMARTS) is 1. The van der Waals surface area contributed by atoms with Gasteiger partial charge >= 0.3 is 12.1 Å². The van der Waals surface area contributed by atoms with Gasteiger partial charge in [-0.25, -0.2) is 13.1 Å². The zero-order chi connectivity index (χ0) is 43.9. The molecule has 3 rings (SSSR count). The van der Waals surface area contributed by atoms with Gasteiger partial charge in [0.1, 0.15) is 35.7 Å². The summed E-state index contributed by atoms with van der Waals surface area (Å²) in [5.41, 5.74) is 5.99. The smallest absolute Gasteiger partial charge is 0.416 e. The van der Waals surface area contributed by atoms with Crippen LogP contribution < -0.4 is 20.1 Å². The third-order valence-electron chi connectivity index (χ3n) is 7.26. The van der Waals surface area contributed by atoms with Crippen molar-refractivity contribution in [3.8, 4) is 11.5 Å². The Morgan fingerprint density at radius 1 is 1.09 bits per heavy atom. The van der Waals surface area contributed by atoms with Crippen molar-refractivity contribution in [1.82, 2.24) is 4.72 Å². The van der Waals surface area contributed by atoms with Crippen molar-refractivity contribution in [2.45, 2.75) is 45.3 Å². The number of halogens is 5. The van der Waals surface area contributed by atoms with Gasteiger partial charge < -0.3 is 25.2 Å². The summed E-state index contributed by atoms with van der Waals surface area (Å²) < 4.78 is 83.0. The predicted octanol–water partition coefficient (Wildman–Crippen LogP) is 6.42. The number of para-hydroxylation sites is 1. The van der Waals surface area contributed by atoms with Crippen molar-refractivity contribution >= 4 is 69.8 Å². The fourth-order valence-electron chi connectivity index (χ4n) is 4.56. The van der Waals surface area contributed by atoms with E-state index in [0.29, 0.717) is 18.4 Å². The van der Waals surface area contributed by atoms with E-state index in [1.165, 1.54) is 6.66 Å². The minimum atomic E-state index is -4.62. The maximum absolute atomic E-state index is 12.7. The van der Waals surface area contributed by atoms with E-state index < -0.39 is 68.2 Å². The number of aryl methyl sites for hydroxylation is 2. The number of carboxylic acids is 1. The molecule has 316 valence electrons. The van der Waals surface area contributed by atoms with Crippen molar-refractivity contribution in [2.24, 2.45) is 5.73 Å². The van der Waals surface area contributed by atoms with Crippen molar-refractivity contribution in [3.63, 3.8) is 0 Å². The van der Waals surface area contributed by atoms with E-state index >= 15 is 0 Å². The summed E-state index contributed by atoms with van der Waals surface area (Å²) in [6.07, 6.45) is -2.19. The number of carbonyl (C=O) groups excluding carboxylic acids is 2. The van der Waals surface area contributed by atoms with Gasteiger partial charge in [0.15, 0.2) is 7.37 Å². The number of benzene rings is 3. The number of methoxy groups -OCH3 is 1. The number of anilines is 1. The molecule has 16 nitrogen and oxygen atoms in total. The van der Waals surface area contributed by atoms with Gasteiger partial charge in [0.05, 0.1) is 27.5 Å². The van der Waals surface area contributed by atoms with Gasteiger partial charge in [-0.05, 0) is 54.7 Å². The van der Waals surface area contributed by atoms with Gasteiger partial charge in [-0.2, -0.15) is 13.2 Å². The molecule has 23 heteroatoms. The van der Waals surface area contributed by atoms with Crippen LogP contribution in [-0.4, -0.2) is 86.0 Å². The maximum Gasteiger partial charge on any atom is 0.416 e. The van der Waals surface area contributed by atoms with Crippen LogP contribution in [0.4, 0.5) is 24.5 Å². The standard InChI is InChI=1S/C15H10ClF3N2O6S.C14H20ClNO2.C5H12NO4P/c1-28(25,26)20-14(22)10-7-9(3-4-12(10)21(23)24)27-13-5-2-8(6-11(13)16)15(17,18)19;1-4-11-7-6-8-12(5-2)14(11)16(10-18-3)13(17)9-15;1-11(9,10)3-2-4(6)5(7)8/h2-7H,1H3,(H,20,22);6-8H,4-5,9-10H2,1-3H3;4H,2-3,6H2,1H3,(H,7,8)(H,9,10). The highest BCUT2D eigenvalue weighted by Crippen LogP contribution is 2.38. The number of ether oxygens (including phenoxy) is 2. The molecule has 0 aliphatic rings. The zero-order valence-electron chi connectivity index (χ0n) is 31.2. The molecule has 0 bridgehead atoms. The van der Waals surface area contributed by atoms with Crippen LogP contribution in [-0.2, 0) is 47.9 Å². The third kappa shape index (κ3) is 17.4. The van der Waals surface area contributed by atoms with E-state index in [0.717, 1.165) is 53.9 Å². The number of carbonyl (C=O) groups is 3. The Hall–Kier alpha value is -4.30. The molecule has 0 aliphatic carbocycles. The molecule has 0 fully saturated rings. The lowest BCUT2D eigenvalue weighted by molar-refractivity contribution is -0.385. The highest BCUT2D eigenvalue weighted by Gasteiger charge is 2.31. The van der Waals surface area contributed by atoms with Crippen LogP contribution in [0.3, 0.4) is 0 Å². The first-order valence-electron chi connectivity index (χ1n) is 16.4. The number of nitrogens with two attached hydrogens (primary N) is 1. The molecule has 0 saturated heterocycles. The molecule has 2 unspecified atom stereocenters. The number of hydrogen-bond donors (Lipinski definition) is 4. The molecule has 57 heavy (non-hydrogen) atoms. The average Bonchev–Trinajstić information content (AvgIpc) is 3.11. The zero-order valence-corrected chi connectivity index (χ0v) is 34.4. The largest absolute Gasteiger partial charge is 0.480 e. The quantitative estimate of drug-likeness (QED) is 0.0423. The normalized spacial score (nSPS) is 12.7. The minimum absolute atomic E-state index is 0.0371. The summed E-state index contributed by atoms with van der Waals surface area (Å²) in [4.78, 5) is 54.6. The molecule has 0 aliphatic heterocycles. The summed E-state index contributed by atoms with van der Waals surface area (Å²) in [5.74, 6) is -2.99. The lowest BCUT2D eigenvalue weighted by atomic mass is 10.0. The highest BCUT2D eigenvalue weighted by atomic mass is 35.5. The summed E-state index contributed by atoms with van der Waals surface area (Å²) in [7, 11) is -5.53. The number of nitro groups is 1. The summed E-state index contributed by atoms with van der Waals surface area (Å²) in [5, 5.41) is 18.9. The monoisotopic (exact) mass is 888 g/mol. The lowest BCUT2D eigenvalue weighted by Crippen LogP contribution is -2.35. The molecule has 3 aromatic carbocycles. The number of aliphatic carboxylic acids is 1. The van der Waals surface area contributed by atoms with E-state index in [1.54, 1.807) is 16.7 Å². The van der Waals surface area contributed by atoms with Crippen LogP contribution in [0.2, 0.25) is 5.02 Å². The summed E-state index contributed by atoms with van der Waals surface area (Å²) in [6, 6.07) is 10.2. The van der Waals surface area contributed by atoms with E-state index in [-0.39, 0.29) is 42.6 Å². The molecule has 0 radical (unpaired) electrons. The van der Waals surface area contributed by atoms with Gasteiger partial charge in [0.2, 0.25) is 15.9 Å². The molecular formula is C34H42Cl2F3N4O12PS. The van der Waals surface area contributed by atoms with Gasteiger partial charge in [-0.1, -0.05) is 43.6 Å². The minimum Gasteiger partial charge on any atom is -0.480 e. The Balaban J connectivity index is 0.000000478. The summed E-state index contributed by atoms with van der Waals surface area (Å²) >= 11 is 11.4. The molecule has 2 atom stereocenters. The van der Waals surface area contributed by atoms with Gasteiger partial charge in [-0.3, -0.25) is 34.0 Å². The first-order valence-corrected chi connectivity index (χ1v) is 21.5. The van der Waals surface area contributed by atoms with Crippen LogP contribution in [0, 0.1) is 10.1 Å². The number of nitro benzene ring substituents is 1. The Bertz CT molecular complexity index is 2030. The van der Waals surface area contributed by atoms with Crippen LogP contribution in [0.5, 0.6) is 11.5 Å². The molecule has 0 heterocycles. The summed E-state index contributed by atoms with van der Waals surface area (Å²) in [6.45, 7) is 5.57. The van der Waals surface area contributed by atoms with Crippen molar-refractivity contribution < 1.29 is 64.9 Å². The molecule has 5 N–H and O–H groups in total. The molecule has 2 amide bonds. The number of amides is 2. The van der Waals surface area contributed by atoms with Crippen LogP contribution in [0.25, 0.3) is 0 Å². The van der Waals surface area contributed by atoms with Crippen LogP contribution in [0.15, 0.2) is 54.6 Å². The number of sulfonamides is 1.